The number of rotatable bonds is 7. The lowest BCUT2D eigenvalue weighted by atomic mass is 9.72. The third-order valence-electron chi connectivity index (χ3n) is 7.69. The van der Waals surface area contributed by atoms with Crippen LogP contribution in [0, 0.1) is 17.3 Å². The third-order valence-corrected chi connectivity index (χ3v) is 7.69. The van der Waals surface area contributed by atoms with Crippen LogP contribution in [0.2, 0.25) is 0 Å². The zero-order chi connectivity index (χ0) is 23.4. The summed E-state index contributed by atoms with van der Waals surface area (Å²) in [5.41, 5.74) is 4.00. The summed E-state index contributed by atoms with van der Waals surface area (Å²) in [6, 6.07) is 17.4. The van der Waals surface area contributed by atoms with E-state index in [0.29, 0.717) is 17.6 Å². The van der Waals surface area contributed by atoms with Crippen LogP contribution in [0.25, 0.3) is 11.1 Å². The maximum atomic E-state index is 11.2. The summed E-state index contributed by atoms with van der Waals surface area (Å²) in [7, 11) is 0. The summed E-state index contributed by atoms with van der Waals surface area (Å²) in [5.74, 6) is 0.910. The summed E-state index contributed by atoms with van der Waals surface area (Å²) in [6.07, 6.45) is 7.58. The molecule has 0 aliphatic heterocycles. The second-order valence-corrected chi connectivity index (χ2v) is 11.1. The molecule has 0 aromatic heterocycles. The molecule has 4 nitrogen and oxygen atoms in total. The molecule has 0 amide bonds. The van der Waals surface area contributed by atoms with Crippen molar-refractivity contribution in [3.8, 4) is 16.9 Å². The highest BCUT2D eigenvalue weighted by Crippen LogP contribution is 2.39. The summed E-state index contributed by atoms with van der Waals surface area (Å²) >= 11 is 0. The first-order valence-electron chi connectivity index (χ1n) is 12.6. The highest BCUT2D eigenvalue weighted by atomic mass is 16.5. The van der Waals surface area contributed by atoms with E-state index in [2.05, 4.69) is 74.6 Å². The van der Waals surface area contributed by atoms with Gasteiger partial charge in [-0.3, -0.25) is 4.79 Å². The molecule has 178 valence electrons. The minimum atomic E-state index is -0.661. The Bertz CT molecular complexity index is 923. The molecule has 2 N–H and O–H groups in total. The van der Waals surface area contributed by atoms with Gasteiger partial charge in [0.05, 0.1) is 12.0 Å². The van der Waals surface area contributed by atoms with Crippen molar-refractivity contribution in [2.75, 3.05) is 0 Å². The first-order chi connectivity index (χ1) is 15.8. The van der Waals surface area contributed by atoms with Gasteiger partial charge in [-0.1, -0.05) is 51.1 Å². The van der Waals surface area contributed by atoms with Crippen LogP contribution in [0.15, 0.2) is 48.5 Å². The second kappa shape index (κ2) is 10.3. The minimum absolute atomic E-state index is 0.192. The molecule has 2 fully saturated rings. The molecule has 33 heavy (non-hydrogen) atoms. The van der Waals surface area contributed by atoms with E-state index in [1.807, 2.05) is 0 Å². The van der Waals surface area contributed by atoms with E-state index in [4.69, 9.17) is 4.74 Å². The van der Waals surface area contributed by atoms with Crippen LogP contribution >= 0.6 is 0 Å². The third kappa shape index (κ3) is 6.38. The van der Waals surface area contributed by atoms with Crippen LogP contribution < -0.4 is 10.1 Å². The highest BCUT2D eigenvalue weighted by Gasteiger charge is 2.31. The van der Waals surface area contributed by atoms with Gasteiger partial charge >= 0.3 is 5.97 Å². The predicted octanol–water partition coefficient (Wildman–Crippen LogP) is 6.68. The maximum absolute atomic E-state index is 11.2. The average molecular weight is 450 g/mol. The van der Waals surface area contributed by atoms with Crippen LogP contribution in [0.3, 0.4) is 0 Å². The zero-order valence-electron chi connectivity index (χ0n) is 20.3. The number of aliphatic carboxylic acids is 1. The van der Waals surface area contributed by atoms with Gasteiger partial charge in [0.1, 0.15) is 5.75 Å². The molecule has 2 aromatic carbocycles. The average Bonchev–Trinajstić information content (AvgIpc) is 3.28. The van der Waals surface area contributed by atoms with Crippen LogP contribution in [0.4, 0.5) is 0 Å². The molecule has 2 atom stereocenters. The Morgan fingerprint density at radius 3 is 2.33 bits per heavy atom. The second-order valence-electron chi connectivity index (χ2n) is 11.1. The van der Waals surface area contributed by atoms with Gasteiger partial charge in [-0.15, -0.1) is 0 Å². The predicted molar refractivity (Wildman–Crippen MR) is 133 cm³/mol. The van der Waals surface area contributed by atoms with Gasteiger partial charge < -0.3 is 15.2 Å². The van der Waals surface area contributed by atoms with Crippen molar-refractivity contribution in [2.45, 2.75) is 84.4 Å². The largest absolute Gasteiger partial charge is 0.490 e. The van der Waals surface area contributed by atoms with Gasteiger partial charge in [-0.05, 0) is 91.2 Å². The lowest BCUT2D eigenvalue weighted by Gasteiger charge is -2.36. The Hall–Kier alpha value is -2.33. The number of carboxylic acid groups (broad SMARTS) is 1. The quantitative estimate of drug-likeness (QED) is 0.495. The molecule has 2 aliphatic rings. The summed E-state index contributed by atoms with van der Waals surface area (Å²) in [5, 5.41) is 12.7. The summed E-state index contributed by atoms with van der Waals surface area (Å²) in [6.45, 7) is 7.83. The summed E-state index contributed by atoms with van der Waals surface area (Å²) < 4.78 is 6.30. The van der Waals surface area contributed by atoms with E-state index in [9.17, 15) is 9.90 Å². The van der Waals surface area contributed by atoms with Crippen molar-refractivity contribution in [3.63, 3.8) is 0 Å². The Balaban J connectivity index is 1.30. The normalized spacial score (nSPS) is 25.7. The Morgan fingerprint density at radius 1 is 0.970 bits per heavy atom. The standard InChI is InChI=1S/C29H39NO3/c1-29(2,3)24-10-15-27(16-11-24)33-26-13-8-21(9-14-26)22-6-4-5-20(17-22)19-30-25-12-7-23(18-25)28(31)32/h4-6,8-9,13-14,17,23-25,27,30H,7,10-12,15-16,18-19H2,1-3H3,(H,31,32)/t23-,24-,25+,27-/m1/s1. The van der Waals surface area contributed by atoms with Gasteiger partial charge in [0.25, 0.3) is 0 Å². The van der Waals surface area contributed by atoms with Crippen LogP contribution in [0.5, 0.6) is 5.75 Å². The van der Waals surface area contributed by atoms with E-state index >= 15 is 0 Å². The molecule has 2 aromatic rings. The molecule has 0 spiro atoms. The lowest BCUT2D eigenvalue weighted by molar-refractivity contribution is -0.141. The van der Waals surface area contributed by atoms with Gasteiger partial charge in [0, 0.05) is 12.6 Å². The number of nitrogens with one attached hydrogen (secondary N) is 1. The van der Waals surface area contributed by atoms with Crippen molar-refractivity contribution in [3.05, 3.63) is 54.1 Å². The van der Waals surface area contributed by atoms with E-state index in [1.54, 1.807) is 0 Å². The van der Waals surface area contributed by atoms with Gasteiger partial charge in [0.15, 0.2) is 0 Å². The van der Waals surface area contributed by atoms with Crippen LogP contribution in [-0.2, 0) is 11.3 Å². The van der Waals surface area contributed by atoms with Crippen molar-refractivity contribution >= 4 is 5.97 Å². The smallest absolute Gasteiger partial charge is 0.306 e. The maximum Gasteiger partial charge on any atom is 0.306 e. The first kappa shape index (κ1) is 23.8. The first-order valence-corrected chi connectivity index (χ1v) is 12.6. The van der Waals surface area contributed by atoms with Crippen molar-refractivity contribution < 1.29 is 14.6 Å². The molecule has 0 heterocycles. The number of hydrogen-bond acceptors (Lipinski definition) is 3. The molecular weight excluding hydrogens is 410 g/mol. The number of benzene rings is 2. The molecule has 4 heteroatoms. The monoisotopic (exact) mass is 449 g/mol. The van der Waals surface area contributed by atoms with Gasteiger partial charge in [0.2, 0.25) is 0 Å². The Labute approximate surface area is 198 Å². The molecule has 2 aliphatic carbocycles. The fourth-order valence-corrected chi connectivity index (χ4v) is 5.48. The van der Waals surface area contributed by atoms with Crippen LogP contribution in [-0.4, -0.2) is 23.2 Å². The number of carboxylic acids is 1. The van der Waals surface area contributed by atoms with Crippen molar-refractivity contribution in [1.29, 1.82) is 0 Å². The SMILES string of the molecule is CC(C)(C)[C@H]1CC[C@H](Oc2ccc(-c3cccc(CN[C@H]4CC[C@@H](C(=O)O)C4)c3)cc2)CC1. The van der Waals surface area contributed by atoms with Crippen molar-refractivity contribution in [1.82, 2.24) is 5.32 Å². The molecule has 0 unspecified atom stereocenters. The highest BCUT2D eigenvalue weighted by molar-refractivity contribution is 5.70. The number of ether oxygens (including phenoxy) is 1. The zero-order valence-corrected chi connectivity index (χ0v) is 20.3. The summed E-state index contributed by atoms with van der Waals surface area (Å²) in [4.78, 5) is 11.2. The molecule has 4 rings (SSSR count). The molecule has 0 bridgehead atoms. The molecule has 0 radical (unpaired) electrons. The minimum Gasteiger partial charge on any atom is -0.490 e. The fraction of sp³-hybridized carbons (Fsp3) is 0.552. The molecule has 0 saturated heterocycles. The van der Waals surface area contributed by atoms with E-state index < -0.39 is 5.97 Å². The van der Waals surface area contributed by atoms with E-state index in [-0.39, 0.29) is 5.92 Å². The van der Waals surface area contributed by atoms with Crippen LogP contribution in [0.1, 0.15) is 71.3 Å². The van der Waals surface area contributed by atoms with Gasteiger partial charge in [-0.2, -0.15) is 0 Å². The molecular formula is C29H39NO3. The molecule has 2 saturated carbocycles. The van der Waals surface area contributed by atoms with Gasteiger partial charge in [-0.25, -0.2) is 0 Å². The van der Waals surface area contributed by atoms with E-state index in [1.165, 1.54) is 29.5 Å². The topological polar surface area (TPSA) is 58.6 Å². The Kier molecular flexibility index (Phi) is 7.43. The van der Waals surface area contributed by atoms with Crippen molar-refractivity contribution in [2.24, 2.45) is 17.3 Å². The fourth-order valence-electron chi connectivity index (χ4n) is 5.48. The Morgan fingerprint density at radius 2 is 1.70 bits per heavy atom. The van der Waals surface area contributed by atoms with E-state index in [0.717, 1.165) is 50.3 Å². The number of hydrogen-bond donors (Lipinski definition) is 2. The number of carbonyl (C=O) groups is 1. The lowest BCUT2D eigenvalue weighted by Crippen LogP contribution is -2.30.